The number of halogens is 28. The van der Waals surface area contributed by atoms with Crippen molar-refractivity contribution in [3.8, 4) is 0 Å². The van der Waals surface area contributed by atoms with Gasteiger partial charge in [0.1, 0.15) is 0 Å². The Morgan fingerprint density at radius 2 is 0.623 bits per heavy atom. The van der Waals surface area contributed by atoms with Crippen LogP contribution in [0.4, 0.5) is 123 Å². The molecule has 2 aliphatic rings. The molecule has 0 fully saturated rings. The third-order valence-corrected chi connectivity index (χ3v) is 15.1. The molecule has 2 heterocycles. The second-order valence-electron chi connectivity index (χ2n) is 13.4. The second kappa shape index (κ2) is 13.2. The summed E-state index contributed by atoms with van der Waals surface area (Å²) in [4.78, 5) is 0. The second-order valence-corrected chi connectivity index (χ2v) is 17.4. The molecule has 2 aromatic carbocycles. The standard InChI is InChI=1S/C30H17F28O2P/c1-2-3-12-61(15-10-6-4-8-13(15)17(59-61,19(31,32)23(39,40)27(47,48)49)20(33,34)24(41,42)28(50,51)52)16-11-7-5-9-14(16)18(60-61,21(35,36)25(43,44)29(53,54)55)22(37,38)26(45,46)30(56,57)58/h4-11H,2-3,12H2,1H3. The molecule has 1 spiro atoms. The molecule has 350 valence electrons. The molecule has 61 heavy (non-hydrogen) atoms. The van der Waals surface area contributed by atoms with Crippen LogP contribution in [0, 0.1) is 0 Å². The van der Waals surface area contributed by atoms with Crippen LogP contribution in [0.2, 0.25) is 0 Å². The van der Waals surface area contributed by atoms with Crippen LogP contribution < -0.4 is 10.6 Å². The van der Waals surface area contributed by atoms with E-state index in [1.807, 2.05) is 0 Å². The molecule has 0 N–H and O–H groups in total. The van der Waals surface area contributed by atoms with Crippen LogP contribution in [-0.4, -0.2) is 78.2 Å². The van der Waals surface area contributed by atoms with Crippen molar-refractivity contribution in [2.75, 3.05) is 6.16 Å². The molecule has 0 saturated carbocycles. The first kappa shape index (κ1) is 50.5. The van der Waals surface area contributed by atoms with Crippen LogP contribution in [0.5, 0.6) is 0 Å². The van der Waals surface area contributed by atoms with Crippen LogP contribution in [0.1, 0.15) is 30.9 Å². The van der Waals surface area contributed by atoms with Gasteiger partial charge in [0.05, 0.1) is 0 Å². The van der Waals surface area contributed by atoms with E-state index in [0.717, 1.165) is 0 Å². The van der Waals surface area contributed by atoms with Crippen molar-refractivity contribution < 1.29 is 132 Å². The predicted octanol–water partition coefficient (Wildman–Crippen LogP) is 12.6. The van der Waals surface area contributed by atoms with E-state index in [9.17, 15) is 52.7 Å². The van der Waals surface area contributed by atoms with Crippen LogP contribution in [0.25, 0.3) is 0 Å². The fraction of sp³-hybridized carbons (Fsp3) is 0.600. The molecule has 0 atom stereocenters. The number of hydrogen-bond acceptors (Lipinski definition) is 2. The van der Waals surface area contributed by atoms with Gasteiger partial charge in [-0.1, -0.05) is 0 Å². The fourth-order valence-electron chi connectivity index (χ4n) is 7.03. The van der Waals surface area contributed by atoms with Gasteiger partial charge in [-0.15, -0.1) is 0 Å². The first-order valence-corrected chi connectivity index (χ1v) is 17.9. The Labute approximate surface area is 319 Å². The number of fused-ring (bicyclic) bond motifs is 4. The topological polar surface area (TPSA) is 18.5 Å². The Morgan fingerprint density at radius 1 is 0.393 bits per heavy atom. The summed E-state index contributed by atoms with van der Waals surface area (Å²) in [6.07, 6.45) is -37.9. The van der Waals surface area contributed by atoms with E-state index in [-0.39, 0.29) is 24.3 Å². The summed E-state index contributed by atoms with van der Waals surface area (Å²) < 4.78 is 424. The molecule has 0 aliphatic carbocycles. The fourth-order valence-corrected chi connectivity index (χ4v) is 13.3. The minimum atomic E-state index is -8.93. The number of rotatable bonds is 11. The third-order valence-electron chi connectivity index (χ3n) is 9.89. The third kappa shape index (κ3) is 5.59. The zero-order valence-electron chi connectivity index (χ0n) is 28.6. The maximum atomic E-state index is 16.4. The van der Waals surface area contributed by atoms with Gasteiger partial charge >= 0.3 is 319 Å². The van der Waals surface area contributed by atoms with Crippen molar-refractivity contribution in [3.05, 3.63) is 59.7 Å². The van der Waals surface area contributed by atoms with Gasteiger partial charge in [-0.25, -0.2) is 0 Å². The van der Waals surface area contributed by atoms with Crippen molar-refractivity contribution in [2.45, 2.75) is 103 Å². The summed E-state index contributed by atoms with van der Waals surface area (Å²) in [5.41, 5.74) is -22.2. The molecule has 0 saturated heterocycles. The van der Waals surface area contributed by atoms with Crippen LogP contribution >= 0.6 is 7.06 Å². The van der Waals surface area contributed by atoms with Gasteiger partial charge in [-0.05, 0) is 0 Å². The number of alkyl halides is 28. The number of hydrogen-bond donors (Lipinski definition) is 0. The van der Waals surface area contributed by atoms with E-state index in [4.69, 9.17) is 0 Å². The van der Waals surface area contributed by atoms with Crippen molar-refractivity contribution in [3.63, 3.8) is 0 Å². The van der Waals surface area contributed by atoms with E-state index < -0.39 is 155 Å². The maximum absolute atomic E-state index is 16.4. The average molecular weight is 972 g/mol. The van der Waals surface area contributed by atoms with Crippen molar-refractivity contribution in [2.24, 2.45) is 0 Å². The van der Waals surface area contributed by atoms with Crippen molar-refractivity contribution >= 4 is 17.7 Å². The first-order chi connectivity index (χ1) is 26.8. The van der Waals surface area contributed by atoms with Gasteiger partial charge in [0.25, 0.3) is 0 Å². The Morgan fingerprint density at radius 3 is 0.836 bits per heavy atom. The summed E-state index contributed by atoms with van der Waals surface area (Å²) in [6, 6.07) is -3.44. The molecule has 0 unspecified atom stereocenters. The first-order valence-electron chi connectivity index (χ1n) is 15.7. The Bertz CT molecular complexity index is 1790. The normalized spacial score (nSPS) is 20.9. The van der Waals surface area contributed by atoms with E-state index >= 15 is 70.2 Å². The predicted molar refractivity (Wildman–Crippen MR) is 148 cm³/mol. The van der Waals surface area contributed by atoms with Crippen molar-refractivity contribution in [1.29, 1.82) is 0 Å². The average Bonchev–Trinajstić information content (AvgIpc) is 3.53. The Hall–Kier alpha value is -3.17. The molecule has 0 amide bonds. The molecule has 0 radical (unpaired) electrons. The van der Waals surface area contributed by atoms with E-state index in [0.29, 0.717) is 6.92 Å². The van der Waals surface area contributed by atoms with Gasteiger partial charge in [-0.2, -0.15) is 0 Å². The van der Waals surface area contributed by atoms with Gasteiger partial charge in [0.2, 0.25) is 0 Å². The zero-order valence-corrected chi connectivity index (χ0v) is 29.5. The van der Waals surface area contributed by atoms with Crippen LogP contribution in [-0.2, 0) is 20.2 Å². The molecule has 0 aromatic heterocycles. The summed E-state index contributed by atoms with van der Waals surface area (Å²) in [7, 11) is -8.93. The molecular weight excluding hydrogens is 955 g/mol. The molecule has 2 aromatic rings. The van der Waals surface area contributed by atoms with Crippen molar-refractivity contribution in [1.82, 2.24) is 0 Å². The summed E-state index contributed by atoms with van der Waals surface area (Å²) in [5, 5.41) is -5.49. The Kier molecular flexibility index (Phi) is 10.9. The van der Waals surface area contributed by atoms with E-state index in [2.05, 4.69) is 9.05 Å². The van der Waals surface area contributed by atoms with Gasteiger partial charge in [0.15, 0.2) is 0 Å². The van der Waals surface area contributed by atoms with Crippen LogP contribution in [0.15, 0.2) is 48.5 Å². The monoisotopic (exact) mass is 972 g/mol. The van der Waals surface area contributed by atoms with Gasteiger partial charge in [-0.3, -0.25) is 0 Å². The summed E-state index contributed by atoms with van der Waals surface area (Å²) in [5.74, 6) is -68.7. The SMILES string of the molecule is CCCCP12(OC(C(F)(F)C(F)(F)C(F)(F)F)(C(F)(F)C(F)(F)C(F)(F)F)c3ccccc31)OC(C(F)(F)C(F)(F)C(F)(F)F)(C(F)(F)C(F)(F)C(F)(F)F)c1ccccc12. The summed E-state index contributed by atoms with van der Waals surface area (Å²) in [6.45, 7) is 0.692. The van der Waals surface area contributed by atoms with Gasteiger partial charge in [0, 0.05) is 0 Å². The molecule has 2 aliphatic heterocycles. The number of unbranched alkanes of at least 4 members (excludes halogenated alkanes) is 1. The van der Waals surface area contributed by atoms with Crippen LogP contribution in [0.3, 0.4) is 0 Å². The molecule has 4 rings (SSSR count). The molecule has 2 nitrogen and oxygen atoms in total. The minimum absolute atomic E-state index is 0.0321. The number of benzene rings is 2. The quantitative estimate of drug-likeness (QED) is 0.165. The van der Waals surface area contributed by atoms with E-state index in [1.54, 1.807) is 0 Å². The van der Waals surface area contributed by atoms with Gasteiger partial charge < -0.3 is 0 Å². The summed E-state index contributed by atoms with van der Waals surface area (Å²) >= 11 is 0. The molecule has 0 bridgehead atoms. The Balaban J connectivity index is 2.53. The molecule has 31 heteroatoms. The molecular formula is C30H17F28O2P. The zero-order chi connectivity index (χ0) is 47.9. The van der Waals surface area contributed by atoms with E-state index in [1.165, 1.54) is 0 Å².